The van der Waals surface area contributed by atoms with Gasteiger partial charge in [-0.1, -0.05) is 23.8 Å². The molecule has 0 aliphatic carbocycles. The molecule has 1 aromatic heterocycles. The van der Waals surface area contributed by atoms with E-state index in [0.29, 0.717) is 0 Å². The van der Waals surface area contributed by atoms with E-state index in [-0.39, 0.29) is 6.17 Å². The van der Waals surface area contributed by atoms with Gasteiger partial charge in [0.2, 0.25) is 0 Å². The third-order valence-corrected chi connectivity index (χ3v) is 3.38. The van der Waals surface area contributed by atoms with Crippen LogP contribution < -0.4 is 5.73 Å². The number of hydrogen-bond donors (Lipinski definition) is 1. The molecule has 3 heteroatoms. The van der Waals surface area contributed by atoms with Gasteiger partial charge >= 0.3 is 0 Å². The van der Waals surface area contributed by atoms with E-state index in [1.54, 1.807) is 0 Å². The first kappa shape index (κ1) is 10.5. The zero-order valence-electron chi connectivity index (χ0n) is 10.1. The topological polar surface area (TPSA) is 43.8 Å². The van der Waals surface area contributed by atoms with E-state index >= 15 is 0 Å². The minimum atomic E-state index is 0.102. The number of hydrogen-bond acceptors (Lipinski definition) is 2. The average Bonchev–Trinajstić information content (AvgIpc) is 2.74. The van der Waals surface area contributed by atoms with Crippen molar-refractivity contribution in [3.8, 4) is 11.3 Å². The predicted molar refractivity (Wildman–Crippen MR) is 68.6 cm³/mol. The van der Waals surface area contributed by atoms with Crippen LogP contribution in [0.4, 0.5) is 0 Å². The molecule has 17 heavy (non-hydrogen) atoms. The van der Waals surface area contributed by atoms with Crippen molar-refractivity contribution in [2.24, 2.45) is 5.73 Å². The highest BCUT2D eigenvalue weighted by atomic mass is 15.2. The number of aryl methyl sites for hydroxylation is 2. The van der Waals surface area contributed by atoms with Gasteiger partial charge in [-0.2, -0.15) is 0 Å². The maximum absolute atomic E-state index is 6.09. The van der Waals surface area contributed by atoms with Gasteiger partial charge in [0.05, 0.1) is 11.9 Å². The van der Waals surface area contributed by atoms with Gasteiger partial charge in [-0.3, -0.25) is 0 Å². The van der Waals surface area contributed by atoms with Crippen LogP contribution in [0.25, 0.3) is 11.3 Å². The van der Waals surface area contributed by atoms with Gasteiger partial charge in [-0.25, -0.2) is 4.98 Å². The van der Waals surface area contributed by atoms with Gasteiger partial charge in [-0.05, 0) is 25.8 Å². The second-order valence-electron chi connectivity index (χ2n) is 4.78. The van der Waals surface area contributed by atoms with Gasteiger partial charge < -0.3 is 10.3 Å². The Labute approximate surface area is 101 Å². The highest BCUT2D eigenvalue weighted by molar-refractivity contribution is 5.59. The SMILES string of the molecule is Cc1cccc(-c2cn3c(n2)CCCC3N)c1. The first-order valence-corrected chi connectivity index (χ1v) is 6.14. The Kier molecular flexibility index (Phi) is 2.48. The number of fused-ring (bicyclic) bond motifs is 1. The molecule has 88 valence electrons. The van der Waals surface area contributed by atoms with Crippen LogP contribution in [0.5, 0.6) is 0 Å². The van der Waals surface area contributed by atoms with Crippen molar-refractivity contribution in [2.75, 3.05) is 0 Å². The Balaban J connectivity index is 2.05. The molecule has 1 atom stereocenters. The molecule has 0 spiro atoms. The van der Waals surface area contributed by atoms with Gasteiger partial charge in [0.25, 0.3) is 0 Å². The van der Waals surface area contributed by atoms with Crippen molar-refractivity contribution in [1.29, 1.82) is 0 Å². The summed E-state index contributed by atoms with van der Waals surface area (Å²) in [5.41, 5.74) is 9.57. The molecule has 2 heterocycles. The molecule has 0 saturated carbocycles. The second-order valence-corrected chi connectivity index (χ2v) is 4.78. The van der Waals surface area contributed by atoms with Gasteiger partial charge in [0, 0.05) is 18.2 Å². The summed E-state index contributed by atoms with van der Waals surface area (Å²) in [5, 5.41) is 0. The third-order valence-electron chi connectivity index (χ3n) is 3.38. The van der Waals surface area contributed by atoms with Gasteiger partial charge in [-0.15, -0.1) is 0 Å². The van der Waals surface area contributed by atoms with Crippen molar-refractivity contribution in [1.82, 2.24) is 9.55 Å². The summed E-state index contributed by atoms with van der Waals surface area (Å²) in [4.78, 5) is 4.70. The molecular formula is C14H17N3. The lowest BCUT2D eigenvalue weighted by molar-refractivity contribution is 0.408. The van der Waals surface area contributed by atoms with Crippen LogP contribution in [0.2, 0.25) is 0 Å². The molecule has 1 aliphatic rings. The van der Waals surface area contributed by atoms with E-state index in [9.17, 15) is 0 Å². The normalized spacial score (nSPS) is 19.1. The molecule has 1 unspecified atom stereocenters. The lowest BCUT2D eigenvalue weighted by Gasteiger charge is -2.20. The summed E-state index contributed by atoms with van der Waals surface area (Å²) in [6, 6.07) is 8.45. The molecule has 1 aromatic carbocycles. The van der Waals surface area contributed by atoms with Crippen LogP contribution >= 0.6 is 0 Å². The number of rotatable bonds is 1. The minimum Gasteiger partial charge on any atom is -0.318 e. The Morgan fingerprint density at radius 3 is 3.06 bits per heavy atom. The smallest absolute Gasteiger partial charge is 0.110 e. The largest absolute Gasteiger partial charge is 0.318 e. The zero-order chi connectivity index (χ0) is 11.8. The number of imidazole rings is 1. The highest BCUT2D eigenvalue weighted by Gasteiger charge is 2.18. The Bertz CT molecular complexity index is 542. The van der Waals surface area contributed by atoms with E-state index in [0.717, 1.165) is 30.8 Å². The number of nitrogens with two attached hydrogens (primary N) is 1. The molecule has 0 radical (unpaired) electrons. The zero-order valence-corrected chi connectivity index (χ0v) is 10.1. The molecule has 3 nitrogen and oxygen atoms in total. The van der Waals surface area contributed by atoms with Crippen molar-refractivity contribution in [3.05, 3.63) is 41.9 Å². The molecule has 3 rings (SSSR count). The lowest BCUT2D eigenvalue weighted by atomic mass is 10.1. The molecule has 2 aromatic rings. The monoisotopic (exact) mass is 227 g/mol. The van der Waals surface area contributed by atoms with Gasteiger partial charge in [0.1, 0.15) is 5.82 Å². The molecular weight excluding hydrogens is 210 g/mol. The molecule has 0 fully saturated rings. The van der Waals surface area contributed by atoms with E-state index in [4.69, 9.17) is 10.7 Å². The fourth-order valence-corrected chi connectivity index (χ4v) is 2.46. The Morgan fingerprint density at radius 1 is 1.41 bits per heavy atom. The Morgan fingerprint density at radius 2 is 2.29 bits per heavy atom. The van der Waals surface area contributed by atoms with Crippen LogP contribution in [0.3, 0.4) is 0 Å². The first-order valence-electron chi connectivity index (χ1n) is 6.14. The molecule has 0 bridgehead atoms. The second kappa shape index (κ2) is 4.00. The van der Waals surface area contributed by atoms with E-state index in [1.165, 1.54) is 11.1 Å². The summed E-state index contributed by atoms with van der Waals surface area (Å²) in [6.45, 7) is 2.10. The number of benzene rings is 1. The molecule has 0 saturated heterocycles. The maximum atomic E-state index is 6.09. The standard InChI is InChI=1S/C14H17N3/c1-10-4-2-5-11(8-10)12-9-17-13(15)6-3-7-14(17)16-12/h2,4-5,8-9,13H,3,6-7,15H2,1H3. The summed E-state index contributed by atoms with van der Waals surface area (Å²) in [5.74, 6) is 1.13. The minimum absolute atomic E-state index is 0.102. The quantitative estimate of drug-likeness (QED) is 0.814. The number of aromatic nitrogens is 2. The predicted octanol–water partition coefficient (Wildman–Crippen LogP) is 2.65. The van der Waals surface area contributed by atoms with E-state index in [2.05, 4.69) is 42.0 Å². The maximum Gasteiger partial charge on any atom is 0.110 e. The van der Waals surface area contributed by atoms with Crippen molar-refractivity contribution < 1.29 is 0 Å². The van der Waals surface area contributed by atoms with Crippen molar-refractivity contribution in [3.63, 3.8) is 0 Å². The van der Waals surface area contributed by atoms with Crippen LogP contribution in [-0.4, -0.2) is 9.55 Å². The van der Waals surface area contributed by atoms with E-state index < -0.39 is 0 Å². The molecule has 1 aliphatic heterocycles. The third kappa shape index (κ3) is 1.87. The summed E-state index contributed by atoms with van der Waals surface area (Å²) < 4.78 is 2.13. The lowest BCUT2D eigenvalue weighted by Crippen LogP contribution is -2.24. The van der Waals surface area contributed by atoms with E-state index in [1.807, 2.05) is 0 Å². The summed E-state index contributed by atoms with van der Waals surface area (Å²) in [7, 11) is 0. The average molecular weight is 227 g/mol. The summed E-state index contributed by atoms with van der Waals surface area (Å²) in [6.07, 6.45) is 5.43. The van der Waals surface area contributed by atoms with Crippen LogP contribution in [-0.2, 0) is 6.42 Å². The molecule has 2 N–H and O–H groups in total. The summed E-state index contributed by atoms with van der Waals surface area (Å²) >= 11 is 0. The van der Waals surface area contributed by atoms with Crippen molar-refractivity contribution >= 4 is 0 Å². The first-order chi connectivity index (χ1) is 8.24. The van der Waals surface area contributed by atoms with Gasteiger partial charge in [0.15, 0.2) is 0 Å². The van der Waals surface area contributed by atoms with Crippen LogP contribution in [0.15, 0.2) is 30.5 Å². The van der Waals surface area contributed by atoms with Crippen LogP contribution in [0, 0.1) is 6.92 Å². The highest BCUT2D eigenvalue weighted by Crippen LogP contribution is 2.26. The fourth-order valence-electron chi connectivity index (χ4n) is 2.46. The van der Waals surface area contributed by atoms with Crippen molar-refractivity contribution in [2.45, 2.75) is 32.4 Å². The Hall–Kier alpha value is -1.61. The fraction of sp³-hybridized carbons (Fsp3) is 0.357. The number of nitrogens with zero attached hydrogens (tertiary/aromatic N) is 2. The van der Waals surface area contributed by atoms with Crippen LogP contribution in [0.1, 0.15) is 30.4 Å². The molecule has 0 amide bonds.